The summed E-state index contributed by atoms with van der Waals surface area (Å²) in [6.07, 6.45) is -4.44. The fourth-order valence-corrected chi connectivity index (χ4v) is 2.52. The smallest absolute Gasteiger partial charge is 0.321 e. The molecular weight excluding hydrogens is 289 g/mol. The monoisotopic (exact) mass is 300 g/mol. The van der Waals surface area contributed by atoms with Crippen LogP contribution in [0.3, 0.4) is 0 Å². The van der Waals surface area contributed by atoms with Crippen LogP contribution < -0.4 is 5.32 Å². The lowest BCUT2D eigenvalue weighted by Crippen LogP contribution is -2.14. The van der Waals surface area contributed by atoms with Gasteiger partial charge in [-0.1, -0.05) is 6.07 Å². The molecule has 2 aromatic rings. The first-order valence-corrected chi connectivity index (χ1v) is 6.51. The van der Waals surface area contributed by atoms with Gasteiger partial charge in [0, 0.05) is 10.6 Å². The third-order valence-corrected chi connectivity index (χ3v) is 3.45. The topological polar surface area (TPSA) is 42.0 Å². The van der Waals surface area contributed by atoms with E-state index in [0.29, 0.717) is 0 Å². The minimum atomic E-state index is -4.44. The Bertz CT molecular complexity index is 649. The summed E-state index contributed by atoms with van der Waals surface area (Å²) in [5, 5.41) is 3.16. The number of carbonyl (C=O) groups is 1. The van der Waals surface area contributed by atoms with Crippen molar-refractivity contribution in [3.05, 3.63) is 45.4 Å². The Morgan fingerprint density at radius 3 is 2.55 bits per heavy atom. The maximum atomic E-state index is 12.6. The second-order valence-electron chi connectivity index (χ2n) is 4.17. The number of nitrogens with zero attached hydrogens (tertiary/aromatic N) is 1. The number of hydrogen-bond acceptors (Lipinski definition) is 3. The van der Waals surface area contributed by atoms with Gasteiger partial charge in [-0.25, -0.2) is 4.98 Å². The number of aromatic nitrogens is 1. The van der Waals surface area contributed by atoms with E-state index in [1.165, 1.54) is 23.5 Å². The second kappa shape index (κ2) is 5.24. The van der Waals surface area contributed by atoms with E-state index < -0.39 is 17.6 Å². The van der Waals surface area contributed by atoms with Crippen molar-refractivity contribution in [2.75, 3.05) is 5.32 Å². The molecule has 2 rings (SSSR count). The van der Waals surface area contributed by atoms with E-state index in [2.05, 4.69) is 10.3 Å². The summed E-state index contributed by atoms with van der Waals surface area (Å²) >= 11 is 1.36. The molecule has 0 spiro atoms. The molecule has 106 valence electrons. The van der Waals surface area contributed by atoms with Gasteiger partial charge in [-0.2, -0.15) is 13.2 Å². The standard InChI is InChI=1S/C13H11F3N2OS/c1-7-11(17-8(2)20-7)12(19)18-10-5-3-4-9(6-10)13(14,15)16/h3-6H,1-2H3,(H,18,19). The normalized spacial score (nSPS) is 11.4. The summed E-state index contributed by atoms with van der Waals surface area (Å²) in [7, 11) is 0. The number of alkyl halides is 3. The molecule has 0 aliphatic carbocycles. The number of rotatable bonds is 2. The molecule has 0 unspecified atom stereocenters. The van der Waals surface area contributed by atoms with E-state index in [1.807, 2.05) is 0 Å². The van der Waals surface area contributed by atoms with E-state index in [4.69, 9.17) is 0 Å². The highest BCUT2D eigenvalue weighted by molar-refractivity contribution is 7.11. The van der Waals surface area contributed by atoms with E-state index >= 15 is 0 Å². The SMILES string of the molecule is Cc1nc(C(=O)Nc2cccc(C(F)(F)F)c2)c(C)s1. The molecular formula is C13H11F3N2OS. The van der Waals surface area contributed by atoms with Crippen molar-refractivity contribution in [2.45, 2.75) is 20.0 Å². The Balaban J connectivity index is 2.22. The van der Waals surface area contributed by atoms with Gasteiger partial charge < -0.3 is 5.32 Å². The molecule has 0 fully saturated rings. The molecule has 1 heterocycles. The van der Waals surface area contributed by atoms with Gasteiger partial charge in [-0.15, -0.1) is 11.3 Å². The van der Waals surface area contributed by atoms with E-state index in [0.717, 1.165) is 22.0 Å². The molecule has 1 amide bonds. The van der Waals surface area contributed by atoms with Gasteiger partial charge in [0.05, 0.1) is 10.6 Å². The summed E-state index contributed by atoms with van der Waals surface area (Å²) < 4.78 is 37.7. The summed E-state index contributed by atoms with van der Waals surface area (Å²) in [5.41, 5.74) is -0.471. The van der Waals surface area contributed by atoms with Crippen molar-refractivity contribution >= 4 is 22.9 Å². The molecule has 0 atom stereocenters. The quantitative estimate of drug-likeness (QED) is 0.909. The molecule has 0 saturated carbocycles. The third-order valence-electron chi connectivity index (χ3n) is 2.57. The fraction of sp³-hybridized carbons (Fsp3) is 0.231. The minimum absolute atomic E-state index is 0.0925. The van der Waals surface area contributed by atoms with Crippen LogP contribution in [0.4, 0.5) is 18.9 Å². The van der Waals surface area contributed by atoms with Crippen LogP contribution in [0.2, 0.25) is 0 Å². The number of anilines is 1. The van der Waals surface area contributed by atoms with Crippen molar-refractivity contribution in [1.29, 1.82) is 0 Å². The largest absolute Gasteiger partial charge is 0.416 e. The van der Waals surface area contributed by atoms with Crippen molar-refractivity contribution in [3.63, 3.8) is 0 Å². The maximum absolute atomic E-state index is 12.6. The van der Waals surface area contributed by atoms with E-state index in [9.17, 15) is 18.0 Å². The van der Waals surface area contributed by atoms with Crippen LogP contribution in [-0.4, -0.2) is 10.9 Å². The molecule has 1 aromatic heterocycles. The lowest BCUT2D eigenvalue weighted by Gasteiger charge is -2.09. The van der Waals surface area contributed by atoms with Gasteiger partial charge in [0.1, 0.15) is 5.69 Å². The Kier molecular flexibility index (Phi) is 3.80. The lowest BCUT2D eigenvalue weighted by molar-refractivity contribution is -0.137. The number of halogens is 3. The van der Waals surface area contributed by atoms with E-state index in [-0.39, 0.29) is 11.4 Å². The average molecular weight is 300 g/mol. The Morgan fingerprint density at radius 2 is 2.00 bits per heavy atom. The van der Waals surface area contributed by atoms with Gasteiger partial charge in [0.15, 0.2) is 0 Å². The maximum Gasteiger partial charge on any atom is 0.416 e. The van der Waals surface area contributed by atoms with Crippen LogP contribution in [0.1, 0.15) is 25.9 Å². The molecule has 20 heavy (non-hydrogen) atoms. The molecule has 0 radical (unpaired) electrons. The first-order valence-electron chi connectivity index (χ1n) is 5.70. The molecule has 1 N–H and O–H groups in total. The van der Waals surface area contributed by atoms with Crippen molar-refractivity contribution in [1.82, 2.24) is 4.98 Å². The molecule has 0 saturated heterocycles. The highest BCUT2D eigenvalue weighted by atomic mass is 32.1. The van der Waals surface area contributed by atoms with Crippen molar-refractivity contribution < 1.29 is 18.0 Å². The summed E-state index contributed by atoms with van der Waals surface area (Å²) in [4.78, 5) is 16.8. The zero-order valence-corrected chi connectivity index (χ0v) is 11.5. The predicted molar refractivity (Wildman–Crippen MR) is 71.0 cm³/mol. The Labute approximate surface area is 117 Å². The van der Waals surface area contributed by atoms with Crippen LogP contribution in [0.25, 0.3) is 0 Å². The Morgan fingerprint density at radius 1 is 1.30 bits per heavy atom. The summed E-state index contributed by atoms with van der Waals surface area (Å²) in [6.45, 7) is 3.50. The molecule has 0 aliphatic rings. The first kappa shape index (κ1) is 14.5. The summed E-state index contributed by atoms with van der Waals surface area (Å²) in [6, 6.07) is 4.50. The number of carbonyl (C=O) groups excluding carboxylic acids is 1. The van der Waals surface area contributed by atoms with Gasteiger partial charge in [0.2, 0.25) is 0 Å². The van der Waals surface area contributed by atoms with Crippen LogP contribution in [0.15, 0.2) is 24.3 Å². The zero-order chi connectivity index (χ0) is 14.9. The lowest BCUT2D eigenvalue weighted by atomic mass is 10.2. The molecule has 7 heteroatoms. The number of benzene rings is 1. The number of amides is 1. The molecule has 0 bridgehead atoms. The van der Waals surface area contributed by atoms with Gasteiger partial charge in [0.25, 0.3) is 5.91 Å². The minimum Gasteiger partial charge on any atom is -0.321 e. The van der Waals surface area contributed by atoms with Crippen LogP contribution in [0.5, 0.6) is 0 Å². The second-order valence-corrected chi connectivity index (χ2v) is 5.58. The Hall–Kier alpha value is -1.89. The number of hydrogen-bond donors (Lipinski definition) is 1. The average Bonchev–Trinajstić information content (AvgIpc) is 2.68. The number of nitrogens with one attached hydrogen (secondary N) is 1. The first-order chi connectivity index (χ1) is 9.27. The van der Waals surface area contributed by atoms with Crippen molar-refractivity contribution in [3.8, 4) is 0 Å². The summed E-state index contributed by atoms with van der Waals surface area (Å²) in [5.74, 6) is -0.508. The number of aryl methyl sites for hydroxylation is 2. The van der Waals surface area contributed by atoms with Crippen molar-refractivity contribution in [2.24, 2.45) is 0 Å². The van der Waals surface area contributed by atoms with E-state index in [1.54, 1.807) is 13.8 Å². The highest BCUT2D eigenvalue weighted by Gasteiger charge is 2.30. The molecule has 3 nitrogen and oxygen atoms in total. The predicted octanol–water partition coefficient (Wildman–Crippen LogP) is 4.03. The van der Waals surface area contributed by atoms with Crippen LogP contribution in [0, 0.1) is 13.8 Å². The van der Waals surface area contributed by atoms with Gasteiger partial charge >= 0.3 is 6.18 Å². The zero-order valence-electron chi connectivity index (χ0n) is 10.7. The fourth-order valence-electron chi connectivity index (χ4n) is 1.70. The van der Waals surface area contributed by atoms with Crippen LogP contribution >= 0.6 is 11.3 Å². The van der Waals surface area contributed by atoms with Gasteiger partial charge in [-0.3, -0.25) is 4.79 Å². The van der Waals surface area contributed by atoms with Crippen LogP contribution in [-0.2, 0) is 6.18 Å². The highest BCUT2D eigenvalue weighted by Crippen LogP contribution is 2.30. The molecule has 1 aromatic carbocycles. The molecule has 0 aliphatic heterocycles. The van der Waals surface area contributed by atoms with Gasteiger partial charge in [-0.05, 0) is 32.0 Å². The number of thiazole rings is 1. The third kappa shape index (κ3) is 3.16.